The van der Waals surface area contributed by atoms with Crippen LogP contribution in [-0.4, -0.2) is 41.3 Å². The van der Waals surface area contributed by atoms with Gasteiger partial charge < -0.3 is 15.2 Å². The van der Waals surface area contributed by atoms with Gasteiger partial charge >= 0.3 is 0 Å². The maximum atomic E-state index is 12.5. The van der Waals surface area contributed by atoms with Crippen molar-refractivity contribution in [2.75, 3.05) is 19.6 Å². The first-order chi connectivity index (χ1) is 14.0. The van der Waals surface area contributed by atoms with Crippen molar-refractivity contribution in [1.82, 2.24) is 15.2 Å². The molecule has 0 aliphatic carbocycles. The molecule has 0 bridgehead atoms. The van der Waals surface area contributed by atoms with Crippen LogP contribution in [0.1, 0.15) is 45.9 Å². The fourth-order valence-electron chi connectivity index (χ4n) is 4.25. The molecule has 0 atom stereocenters. The van der Waals surface area contributed by atoms with Crippen LogP contribution >= 0.6 is 0 Å². The molecule has 3 aromatic rings. The maximum Gasteiger partial charge on any atom is 0.251 e. The zero-order valence-electron chi connectivity index (χ0n) is 17.0. The molecule has 1 saturated heterocycles. The lowest BCUT2D eigenvalue weighted by atomic mass is 9.91. The molecule has 2 amide bonds. The summed E-state index contributed by atoms with van der Waals surface area (Å²) in [6, 6.07) is 15.5. The van der Waals surface area contributed by atoms with Crippen LogP contribution in [0.2, 0.25) is 0 Å². The molecule has 2 N–H and O–H groups in total. The Morgan fingerprint density at radius 2 is 1.79 bits per heavy atom. The van der Waals surface area contributed by atoms with Crippen LogP contribution in [0.4, 0.5) is 0 Å². The van der Waals surface area contributed by atoms with E-state index in [1.54, 1.807) is 12.1 Å². The smallest absolute Gasteiger partial charge is 0.251 e. The Morgan fingerprint density at radius 1 is 1.07 bits per heavy atom. The van der Waals surface area contributed by atoms with Crippen molar-refractivity contribution in [2.45, 2.75) is 32.6 Å². The number of carbonyl (C=O) groups is 2. The van der Waals surface area contributed by atoms with E-state index in [1.807, 2.05) is 23.1 Å². The van der Waals surface area contributed by atoms with E-state index < -0.39 is 0 Å². The second-order valence-electron chi connectivity index (χ2n) is 7.92. The van der Waals surface area contributed by atoms with Crippen molar-refractivity contribution >= 4 is 22.7 Å². The highest BCUT2D eigenvalue weighted by molar-refractivity contribution is 5.96. The van der Waals surface area contributed by atoms with Gasteiger partial charge in [-0.15, -0.1) is 0 Å². The molecule has 0 spiro atoms. The van der Waals surface area contributed by atoms with Crippen molar-refractivity contribution in [1.29, 1.82) is 0 Å². The minimum atomic E-state index is -0.210. The van der Waals surface area contributed by atoms with Crippen LogP contribution in [-0.2, 0) is 4.79 Å². The van der Waals surface area contributed by atoms with E-state index in [4.69, 9.17) is 0 Å². The maximum absolute atomic E-state index is 12.5. The van der Waals surface area contributed by atoms with Gasteiger partial charge in [0.05, 0.1) is 6.54 Å². The average molecular weight is 389 g/mol. The molecule has 5 heteroatoms. The summed E-state index contributed by atoms with van der Waals surface area (Å²) >= 11 is 0. The number of rotatable bonds is 4. The molecule has 1 fully saturated rings. The highest BCUT2D eigenvalue weighted by atomic mass is 16.2. The number of nitrogens with one attached hydrogen (secondary N) is 2. The molecule has 0 radical (unpaired) electrons. The van der Waals surface area contributed by atoms with Crippen LogP contribution in [0.15, 0.2) is 48.5 Å². The number of likely N-dealkylation sites (tertiary alicyclic amines) is 1. The lowest BCUT2D eigenvalue weighted by molar-refractivity contribution is -0.131. The summed E-state index contributed by atoms with van der Waals surface area (Å²) in [6.45, 7) is 5.79. The van der Waals surface area contributed by atoms with Crippen molar-refractivity contribution in [2.24, 2.45) is 0 Å². The van der Waals surface area contributed by atoms with Crippen LogP contribution in [0.3, 0.4) is 0 Å². The highest BCUT2D eigenvalue weighted by Crippen LogP contribution is 2.33. The summed E-state index contributed by atoms with van der Waals surface area (Å²) < 4.78 is 0. The predicted octanol–water partition coefficient (Wildman–Crippen LogP) is 3.92. The molecule has 1 aliphatic rings. The van der Waals surface area contributed by atoms with Crippen molar-refractivity contribution in [3.63, 3.8) is 0 Å². The number of H-pyrrole nitrogens is 1. The molecule has 150 valence electrons. The average Bonchev–Trinajstić information content (AvgIpc) is 3.08. The molecule has 0 saturated carbocycles. The predicted molar refractivity (Wildman–Crippen MR) is 115 cm³/mol. The number of amides is 2. The number of benzene rings is 2. The van der Waals surface area contributed by atoms with Gasteiger partial charge in [-0.1, -0.05) is 29.8 Å². The first-order valence-electron chi connectivity index (χ1n) is 10.2. The minimum Gasteiger partial charge on any atom is -0.358 e. The van der Waals surface area contributed by atoms with Crippen LogP contribution in [0.25, 0.3) is 10.9 Å². The minimum absolute atomic E-state index is 0.0169. The summed E-state index contributed by atoms with van der Waals surface area (Å²) in [5.41, 5.74) is 5.65. The van der Waals surface area contributed by atoms with Gasteiger partial charge in [0, 0.05) is 41.2 Å². The number of hydrogen-bond donors (Lipinski definition) is 2. The van der Waals surface area contributed by atoms with Crippen LogP contribution < -0.4 is 5.32 Å². The fourth-order valence-corrected chi connectivity index (χ4v) is 4.25. The summed E-state index contributed by atoms with van der Waals surface area (Å²) in [6.07, 6.45) is 1.87. The number of piperidine rings is 1. The first-order valence-corrected chi connectivity index (χ1v) is 10.2. The molecule has 29 heavy (non-hydrogen) atoms. The number of carbonyl (C=O) groups excluding carboxylic acids is 2. The topological polar surface area (TPSA) is 65.2 Å². The Labute approximate surface area is 171 Å². The molecular weight excluding hydrogens is 362 g/mol. The number of aromatic nitrogens is 1. The van der Waals surface area contributed by atoms with Crippen LogP contribution in [0.5, 0.6) is 0 Å². The number of aryl methyl sites for hydroxylation is 2. The SMILES string of the molecule is Cc1ccc2[nH]c(C3CCN(C(=O)CNC(=O)c4ccccc4)CC3)c(C)c2c1. The molecule has 2 aromatic carbocycles. The number of fused-ring (bicyclic) bond motifs is 1. The third kappa shape index (κ3) is 4.04. The van der Waals surface area contributed by atoms with E-state index in [0.717, 1.165) is 25.9 Å². The van der Waals surface area contributed by atoms with Crippen molar-refractivity contribution in [3.05, 3.63) is 70.9 Å². The molecule has 4 rings (SSSR count). The zero-order valence-corrected chi connectivity index (χ0v) is 17.0. The Morgan fingerprint density at radius 3 is 2.52 bits per heavy atom. The van der Waals surface area contributed by atoms with Gasteiger partial charge in [-0.05, 0) is 56.5 Å². The number of aromatic amines is 1. The second-order valence-corrected chi connectivity index (χ2v) is 7.92. The first kappa shape index (κ1) is 19.2. The van der Waals surface area contributed by atoms with Gasteiger partial charge in [0.2, 0.25) is 5.91 Å². The van der Waals surface area contributed by atoms with Gasteiger partial charge in [0.1, 0.15) is 0 Å². The van der Waals surface area contributed by atoms with Gasteiger partial charge in [0.15, 0.2) is 0 Å². The summed E-state index contributed by atoms with van der Waals surface area (Å²) in [4.78, 5) is 30.1. The molecule has 1 aromatic heterocycles. The van der Waals surface area contributed by atoms with Gasteiger partial charge in [-0.3, -0.25) is 9.59 Å². The molecule has 1 aliphatic heterocycles. The molecule has 0 unspecified atom stereocenters. The fraction of sp³-hybridized carbons (Fsp3) is 0.333. The Hall–Kier alpha value is -3.08. The van der Waals surface area contributed by atoms with Gasteiger partial charge in [0.25, 0.3) is 5.91 Å². The van der Waals surface area contributed by atoms with E-state index in [-0.39, 0.29) is 18.4 Å². The Bertz CT molecular complexity index is 1030. The third-order valence-corrected chi connectivity index (χ3v) is 5.94. The lowest BCUT2D eigenvalue weighted by Crippen LogP contribution is -2.43. The lowest BCUT2D eigenvalue weighted by Gasteiger charge is -2.32. The summed E-state index contributed by atoms with van der Waals surface area (Å²) in [7, 11) is 0. The van der Waals surface area contributed by atoms with Crippen molar-refractivity contribution < 1.29 is 9.59 Å². The van der Waals surface area contributed by atoms with Gasteiger partial charge in [-0.25, -0.2) is 0 Å². The van der Waals surface area contributed by atoms with E-state index in [0.29, 0.717) is 11.5 Å². The zero-order chi connectivity index (χ0) is 20.4. The quantitative estimate of drug-likeness (QED) is 0.710. The summed E-state index contributed by atoms with van der Waals surface area (Å²) in [5, 5.41) is 4.03. The molecule has 2 heterocycles. The molecular formula is C24H27N3O2. The van der Waals surface area contributed by atoms with Gasteiger partial charge in [-0.2, -0.15) is 0 Å². The van der Waals surface area contributed by atoms with Crippen molar-refractivity contribution in [3.8, 4) is 0 Å². The van der Waals surface area contributed by atoms with E-state index >= 15 is 0 Å². The van der Waals surface area contributed by atoms with E-state index in [2.05, 4.69) is 42.3 Å². The highest BCUT2D eigenvalue weighted by Gasteiger charge is 2.26. The summed E-state index contributed by atoms with van der Waals surface area (Å²) in [5.74, 6) is 0.209. The normalized spacial score (nSPS) is 14.9. The van der Waals surface area contributed by atoms with E-state index in [9.17, 15) is 9.59 Å². The monoisotopic (exact) mass is 389 g/mol. The third-order valence-electron chi connectivity index (χ3n) is 5.94. The Balaban J connectivity index is 1.34. The standard InChI is InChI=1S/C24H27N3O2/c1-16-8-9-21-20(14-16)17(2)23(26-21)18-10-12-27(13-11-18)22(28)15-25-24(29)19-6-4-3-5-7-19/h3-9,14,18,26H,10-13,15H2,1-2H3,(H,25,29). The Kier molecular flexibility index (Phi) is 5.38. The second kappa shape index (κ2) is 8.11. The number of nitrogens with zero attached hydrogens (tertiary/aromatic N) is 1. The van der Waals surface area contributed by atoms with Crippen LogP contribution in [0, 0.1) is 13.8 Å². The largest absolute Gasteiger partial charge is 0.358 e. The molecule has 5 nitrogen and oxygen atoms in total. The van der Waals surface area contributed by atoms with E-state index in [1.165, 1.54) is 27.7 Å². The number of hydrogen-bond acceptors (Lipinski definition) is 2.